The van der Waals surface area contributed by atoms with Crippen LogP contribution < -0.4 is 14.8 Å². The maximum Gasteiger partial charge on any atom is 0.251 e. The highest BCUT2D eigenvalue weighted by atomic mass is 16.5. The predicted molar refractivity (Wildman–Crippen MR) is 98.8 cm³/mol. The number of fused-ring (bicyclic) bond motifs is 1. The summed E-state index contributed by atoms with van der Waals surface area (Å²) in [6.07, 6.45) is 4.49. The van der Waals surface area contributed by atoms with E-state index in [1.807, 2.05) is 0 Å². The molecule has 0 spiro atoms. The molecule has 0 bridgehead atoms. The van der Waals surface area contributed by atoms with E-state index in [-0.39, 0.29) is 5.91 Å². The summed E-state index contributed by atoms with van der Waals surface area (Å²) in [4.78, 5) is 12.4. The number of rotatable bonds is 6. The van der Waals surface area contributed by atoms with Gasteiger partial charge in [0, 0.05) is 12.1 Å². The minimum Gasteiger partial charge on any atom is -0.493 e. The molecular formula is C21H25NO3. The van der Waals surface area contributed by atoms with Gasteiger partial charge in [0.15, 0.2) is 11.5 Å². The van der Waals surface area contributed by atoms with E-state index in [0.29, 0.717) is 23.6 Å². The zero-order valence-corrected chi connectivity index (χ0v) is 15.1. The summed E-state index contributed by atoms with van der Waals surface area (Å²) in [5, 5.41) is 3.00. The number of amides is 1. The second kappa shape index (κ2) is 7.60. The van der Waals surface area contributed by atoms with Crippen LogP contribution in [0.1, 0.15) is 39.0 Å². The Hall–Kier alpha value is -2.49. The van der Waals surface area contributed by atoms with Gasteiger partial charge in [-0.2, -0.15) is 0 Å². The number of carbonyl (C=O) groups excluding carboxylic acids is 1. The third kappa shape index (κ3) is 3.78. The highest BCUT2D eigenvalue weighted by molar-refractivity contribution is 5.94. The Bertz CT molecular complexity index is 783. The summed E-state index contributed by atoms with van der Waals surface area (Å²) in [5.74, 6) is 1.08. The lowest BCUT2D eigenvalue weighted by molar-refractivity contribution is 0.0953. The van der Waals surface area contributed by atoms with Crippen LogP contribution in [-0.2, 0) is 19.3 Å². The lowest BCUT2D eigenvalue weighted by Gasteiger charge is -2.12. The van der Waals surface area contributed by atoms with Crippen LogP contribution in [0.2, 0.25) is 0 Å². The minimum absolute atomic E-state index is 0.0974. The van der Waals surface area contributed by atoms with Crippen molar-refractivity contribution in [3.63, 3.8) is 0 Å². The van der Waals surface area contributed by atoms with Crippen molar-refractivity contribution in [3.05, 3.63) is 58.1 Å². The maximum absolute atomic E-state index is 12.4. The van der Waals surface area contributed by atoms with Gasteiger partial charge in [-0.3, -0.25) is 4.79 Å². The average molecular weight is 339 g/mol. The van der Waals surface area contributed by atoms with Crippen LogP contribution in [-0.4, -0.2) is 26.7 Å². The first-order valence-corrected chi connectivity index (χ1v) is 8.74. The number of hydrogen-bond donors (Lipinski definition) is 1. The molecule has 0 saturated heterocycles. The van der Waals surface area contributed by atoms with Gasteiger partial charge in [0.2, 0.25) is 0 Å². The van der Waals surface area contributed by atoms with Crippen molar-refractivity contribution in [2.75, 3.05) is 20.8 Å². The molecule has 132 valence electrons. The van der Waals surface area contributed by atoms with E-state index in [4.69, 9.17) is 9.47 Å². The topological polar surface area (TPSA) is 47.6 Å². The first-order valence-electron chi connectivity index (χ1n) is 8.74. The van der Waals surface area contributed by atoms with Crippen molar-refractivity contribution in [2.24, 2.45) is 0 Å². The minimum atomic E-state index is -0.0974. The molecule has 1 N–H and O–H groups in total. The number of methoxy groups -OCH3 is 2. The molecule has 0 heterocycles. The van der Waals surface area contributed by atoms with Crippen molar-refractivity contribution in [1.29, 1.82) is 0 Å². The number of hydrogen-bond acceptors (Lipinski definition) is 3. The summed E-state index contributed by atoms with van der Waals surface area (Å²) in [6, 6.07) is 9.83. The fourth-order valence-corrected chi connectivity index (χ4v) is 3.46. The summed E-state index contributed by atoms with van der Waals surface area (Å²) in [5.41, 5.74) is 6.19. The van der Waals surface area contributed by atoms with E-state index < -0.39 is 0 Å². The molecule has 2 aromatic rings. The van der Waals surface area contributed by atoms with Crippen molar-refractivity contribution >= 4 is 5.91 Å². The van der Waals surface area contributed by atoms with E-state index >= 15 is 0 Å². The fourth-order valence-electron chi connectivity index (χ4n) is 3.46. The van der Waals surface area contributed by atoms with Gasteiger partial charge in [0.05, 0.1) is 14.2 Å². The molecule has 1 aliphatic rings. The summed E-state index contributed by atoms with van der Waals surface area (Å²) < 4.78 is 10.5. The van der Waals surface area contributed by atoms with Crippen LogP contribution in [0, 0.1) is 6.92 Å². The van der Waals surface area contributed by atoms with E-state index in [1.54, 1.807) is 32.4 Å². The number of ether oxygens (including phenoxy) is 2. The van der Waals surface area contributed by atoms with Crippen molar-refractivity contribution in [2.45, 2.75) is 32.6 Å². The summed E-state index contributed by atoms with van der Waals surface area (Å²) >= 11 is 0. The van der Waals surface area contributed by atoms with Crippen LogP contribution in [0.5, 0.6) is 11.5 Å². The second-order valence-electron chi connectivity index (χ2n) is 6.48. The van der Waals surface area contributed by atoms with Gasteiger partial charge in [-0.05, 0) is 73.1 Å². The Kier molecular flexibility index (Phi) is 5.27. The number of carbonyl (C=O) groups is 1. The van der Waals surface area contributed by atoms with Gasteiger partial charge < -0.3 is 14.8 Å². The summed E-state index contributed by atoms with van der Waals surface area (Å²) in [7, 11) is 3.15. The predicted octanol–water partition coefficient (Wildman–Crippen LogP) is 3.47. The van der Waals surface area contributed by atoms with Crippen LogP contribution in [0.25, 0.3) is 0 Å². The lowest BCUT2D eigenvalue weighted by atomic mass is 9.99. The van der Waals surface area contributed by atoms with Crippen LogP contribution in [0.4, 0.5) is 0 Å². The van der Waals surface area contributed by atoms with Gasteiger partial charge in [0.25, 0.3) is 5.91 Å². The van der Waals surface area contributed by atoms with Crippen LogP contribution in [0.3, 0.4) is 0 Å². The van der Waals surface area contributed by atoms with E-state index in [9.17, 15) is 4.79 Å². The van der Waals surface area contributed by atoms with Gasteiger partial charge in [-0.25, -0.2) is 0 Å². The molecule has 0 aromatic heterocycles. The van der Waals surface area contributed by atoms with Gasteiger partial charge in [-0.1, -0.05) is 12.1 Å². The highest BCUT2D eigenvalue weighted by Crippen LogP contribution is 2.28. The maximum atomic E-state index is 12.4. The molecule has 1 amide bonds. The molecule has 0 aliphatic heterocycles. The Morgan fingerprint density at radius 2 is 1.76 bits per heavy atom. The van der Waals surface area contributed by atoms with Crippen LogP contribution >= 0.6 is 0 Å². The smallest absolute Gasteiger partial charge is 0.251 e. The molecule has 0 saturated carbocycles. The molecule has 3 rings (SSSR count). The van der Waals surface area contributed by atoms with Gasteiger partial charge in [-0.15, -0.1) is 0 Å². The van der Waals surface area contributed by atoms with E-state index in [2.05, 4.69) is 24.4 Å². The normalized spacial score (nSPS) is 12.6. The van der Waals surface area contributed by atoms with E-state index in [1.165, 1.54) is 41.5 Å². The molecule has 4 heteroatoms. The zero-order chi connectivity index (χ0) is 17.8. The first kappa shape index (κ1) is 17.3. The molecule has 25 heavy (non-hydrogen) atoms. The molecule has 0 fully saturated rings. The lowest BCUT2D eigenvalue weighted by Crippen LogP contribution is -2.26. The standard InChI is InChI=1S/C21H25NO3/c1-14-11-16-5-4-6-17(16)12-15(14)9-10-22-21(23)18-7-8-19(24-2)20(13-18)25-3/h7-8,11-13H,4-6,9-10H2,1-3H3,(H,22,23). The Labute approximate surface area is 149 Å². The van der Waals surface area contributed by atoms with E-state index in [0.717, 1.165) is 6.42 Å². The molecule has 0 radical (unpaired) electrons. The molecule has 1 aliphatic carbocycles. The van der Waals surface area contributed by atoms with Gasteiger partial charge >= 0.3 is 0 Å². The van der Waals surface area contributed by atoms with Crippen molar-refractivity contribution in [3.8, 4) is 11.5 Å². The number of benzene rings is 2. The Balaban J connectivity index is 1.61. The largest absolute Gasteiger partial charge is 0.493 e. The van der Waals surface area contributed by atoms with Gasteiger partial charge in [0.1, 0.15) is 0 Å². The number of aryl methyl sites for hydroxylation is 3. The highest BCUT2D eigenvalue weighted by Gasteiger charge is 2.14. The molecule has 0 unspecified atom stereocenters. The third-order valence-electron chi connectivity index (χ3n) is 4.88. The zero-order valence-electron chi connectivity index (χ0n) is 15.1. The molecule has 0 atom stereocenters. The number of nitrogens with one attached hydrogen (secondary N) is 1. The SMILES string of the molecule is COc1ccc(C(=O)NCCc2cc3c(cc2C)CCC3)cc1OC. The fraction of sp³-hybridized carbons (Fsp3) is 0.381. The molecule has 4 nitrogen and oxygen atoms in total. The van der Waals surface area contributed by atoms with Crippen molar-refractivity contribution in [1.82, 2.24) is 5.32 Å². The Morgan fingerprint density at radius 3 is 2.48 bits per heavy atom. The molecule has 2 aromatic carbocycles. The second-order valence-corrected chi connectivity index (χ2v) is 6.48. The third-order valence-corrected chi connectivity index (χ3v) is 4.88. The Morgan fingerprint density at radius 1 is 1.04 bits per heavy atom. The summed E-state index contributed by atoms with van der Waals surface area (Å²) in [6.45, 7) is 2.77. The quantitative estimate of drug-likeness (QED) is 0.876. The van der Waals surface area contributed by atoms with Crippen LogP contribution in [0.15, 0.2) is 30.3 Å². The van der Waals surface area contributed by atoms with Crippen molar-refractivity contribution < 1.29 is 14.3 Å². The molecular weight excluding hydrogens is 314 g/mol. The first-order chi connectivity index (χ1) is 12.1. The average Bonchev–Trinajstić information content (AvgIpc) is 3.08. The monoisotopic (exact) mass is 339 g/mol.